The molecular formula is C28H22F4N2O3. The molecule has 0 radical (unpaired) electrons. The van der Waals surface area contributed by atoms with Gasteiger partial charge >= 0.3 is 0 Å². The molecule has 2 fully saturated rings. The molecule has 2 aromatic carbocycles. The minimum atomic E-state index is -2.21. The second-order valence-electron chi connectivity index (χ2n) is 9.52. The number of benzene rings is 3. The molecule has 1 aliphatic carbocycles. The number of nitrogens with zero attached hydrogens (tertiary/aromatic N) is 2. The third-order valence-electron chi connectivity index (χ3n) is 7.35. The summed E-state index contributed by atoms with van der Waals surface area (Å²) in [6, 6.07) is 10.2. The van der Waals surface area contributed by atoms with E-state index < -0.39 is 40.4 Å². The fourth-order valence-corrected chi connectivity index (χ4v) is 5.54. The number of hydrogen-bond acceptors (Lipinski definition) is 4. The van der Waals surface area contributed by atoms with Crippen molar-refractivity contribution in [2.75, 3.05) is 31.1 Å². The Kier molecular flexibility index (Phi) is 5.66. The number of carboxylic acids is 1. The lowest BCUT2D eigenvalue weighted by Crippen LogP contribution is -2.27. The van der Waals surface area contributed by atoms with Gasteiger partial charge in [0.2, 0.25) is 5.36 Å². The topological polar surface area (TPSA) is 59.5 Å². The SMILES string of the molecule is O=C([O-])c1c(F)c(F)c(F)c(F)c1-c1c2ccc(=[N+]3CCCC3)cc-2oc2cc(N3CCCC3)ccc12. The van der Waals surface area contributed by atoms with E-state index in [0.717, 1.165) is 62.9 Å². The molecule has 5 nitrogen and oxygen atoms in total. The van der Waals surface area contributed by atoms with Crippen molar-refractivity contribution in [3.8, 4) is 22.5 Å². The van der Waals surface area contributed by atoms with Crippen LogP contribution in [0.5, 0.6) is 0 Å². The molecule has 2 saturated heterocycles. The highest BCUT2D eigenvalue weighted by molar-refractivity contribution is 6.07. The van der Waals surface area contributed by atoms with E-state index in [0.29, 0.717) is 0 Å². The molecule has 0 unspecified atom stereocenters. The van der Waals surface area contributed by atoms with E-state index in [4.69, 9.17) is 4.42 Å². The fraction of sp³-hybridized carbons (Fsp3) is 0.286. The van der Waals surface area contributed by atoms with E-state index in [1.54, 1.807) is 36.4 Å². The van der Waals surface area contributed by atoms with E-state index in [1.807, 2.05) is 0 Å². The maximum Gasteiger partial charge on any atom is 0.203 e. The van der Waals surface area contributed by atoms with Crippen LogP contribution >= 0.6 is 0 Å². The lowest BCUT2D eigenvalue weighted by molar-refractivity contribution is -0.255. The van der Waals surface area contributed by atoms with Crippen molar-refractivity contribution in [1.29, 1.82) is 0 Å². The van der Waals surface area contributed by atoms with Crippen LogP contribution in [0.25, 0.3) is 33.4 Å². The van der Waals surface area contributed by atoms with Crippen LogP contribution in [0.3, 0.4) is 0 Å². The first-order valence-corrected chi connectivity index (χ1v) is 12.3. The molecule has 0 spiro atoms. The van der Waals surface area contributed by atoms with Crippen molar-refractivity contribution in [3.63, 3.8) is 0 Å². The molecule has 0 amide bonds. The summed E-state index contributed by atoms with van der Waals surface area (Å²) in [7, 11) is 0. The summed E-state index contributed by atoms with van der Waals surface area (Å²) in [5, 5.41) is 13.0. The molecule has 190 valence electrons. The quantitative estimate of drug-likeness (QED) is 0.136. The van der Waals surface area contributed by atoms with Gasteiger partial charge in [-0.1, -0.05) is 0 Å². The zero-order valence-electron chi connectivity index (χ0n) is 19.8. The van der Waals surface area contributed by atoms with Crippen molar-refractivity contribution in [2.24, 2.45) is 0 Å². The van der Waals surface area contributed by atoms with Crippen molar-refractivity contribution >= 4 is 22.6 Å². The number of carbonyl (C=O) groups excluding carboxylic acids is 1. The second-order valence-corrected chi connectivity index (χ2v) is 9.52. The van der Waals surface area contributed by atoms with Crippen LogP contribution in [0, 0.1) is 23.3 Å². The summed E-state index contributed by atoms with van der Waals surface area (Å²) in [4.78, 5) is 14.1. The van der Waals surface area contributed by atoms with Crippen LogP contribution in [0.2, 0.25) is 0 Å². The third kappa shape index (κ3) is 3.75. The molecule has 3 aliphatic heterocycles. The predicted octanol–water partition coefficient (Wildman–Crippen LogP) is 4.29. The van der Waals surface area contributed by atoms with Gasteiger partial charge in [0.05, 0.1) is 12.0 Å². The molecule has 0 saturated carbocycles. The van der Waals surface area contributed by atoms with Crippen LogP contribution in [-0.2, 0) is 0 Å². The highest BCUT2D eigenvalue weighted by Crippen LogP contribution is 2.44. The monoisotopic (exact) mass is 510 g/mol. The van der Waals surface area contributed by atoms with Crippen molar-refractivity contribution in [1.82, 2.24) is 4.58 Å². The van der Waals surface area contributed by atoms with Gasteiger partial charge in [0.1, 0.15) is 24.4 Å². The summed E-state index contributed by atoms with van der Waals surface area (Å²) in [6.45, 7) is 3.40. The van der Waals surface area contributed by atoms with Gasteiger partial charge in [-0.25, -0.2) is 22.1 Å². The Bertz CT molecular complexity index is 1610. The minimum Gasteiger partial charge on any atom is -0.545 e. The average molecular weight is 510 g/mol. The highest BCUT2D eigenvalue weighted by Gasteiger charge is 2.31. The first kappa shape index (κ1) is 23.5. The Morgan fingerprint density at radius 1 is 0.838 bits per heavy atom. The van der Waals surface area contributed by atoms with Gasteiger partial charge in [0.25, 0.3) is 0 Å². The normalized spacial score (nSPS) is 15.9. The number of fused-ring (bicyclic) bond motifs is 2. The number of halogens is 4. The number of anilines is 1. The Hall–Kier alpha value is -3.88. The Balaban J connectivity index is 1.74. The summed E-state index contributed by atoms with van der Waals surface area (Å²) >= 11 is 0. The zero-order valence-corrected chi connectivity index (χ0v) is 19.8. The van der Waals surface area contributed by atoms with Crippen LogP contribution in [-0.4, -0.2) is 32.1 Å². The minimum absolute atomic E-state index is 0.105. The molecule has 3 heterocycles. The standard InChI is InChI=1S/C28H22F4N2O3/c29-24-22(23(28(35)36)25(30)27(32)26(24)31)21-17-7-5-15(33-9-1-2-10-33)13-19(17)37-20-14-16(6-8-18(20)21)34-11-3-4-12-34/h5-8,13-14H,1-4,9-12H2. The molecular weight excluding hydrogens is 488 g/mol. The summed E-state index contributed by atoms with van der Waals surface area (Å²) in [6.07, 6.45) is 4.13. The molecule has 0 N–H and O–H groups in total. The Labute approximate surface area is 209 Å². The summed E-state index contributed by atoms with van der Waals surface area (Å²) in [5.41, 5.74) is -1.03. The third-order valence-corrected chi connectivity index (χ3v) is 7.35. The molecule has 0 aromatic heterocycles. The number of rotatable bonds is 3. The van der Waals surface area contributed by atoms with Crippen LogP contribution in [0.1, 0.15) is 36.0 Å². The highest BCUT2D eigenvalue weighted by atomic mass is 19.2. The van der Waals surface area contributed by atoms with Crippen LogP contribution in [0.15, 0.2) is 40.8 Å². The first-order chi connectivity index (χ1) is 17.8. The lowest BCUT2D eigenvalue weighted by Gasteiger charge is -2.22. The van der Waals surface area contributed by atoms with Gasteiger partial charge in [0.15, 0.2) is 23.3 Å². The second kappa shape index (κ2) is 8.90. The van der Waals surface area contributed by atoms with Crippen molar-refractivity contribution < 1.29 is 31.9 Å². The predicted molar refractivity (Wildman–Crippen MR) is 128 cm³/mol. The molecule has 4 aliphatic rings. The van der Waals surface area contributed by atoms with E-state index in [9.17, 15) is 23.1 Å². The van der Waals surface area contributed by atoms with E-state index >= 15 is 4.39 Å². The van der Waals surface area contributed by atoms with Crippen molar-refractivity contribution in [3.05, 3.63) is 70.6 Å². The number of aromatic carboxylic acids is 1. The van der Waals surface area contributed by atoms with E-state index in [-0.39, 0.29) is 27.9 Å². The molecule has 37 heavy (non-hydrogen) atoms. The lowest BCUT2D eigenvalue weighted by atomic mass is 9.89. The first-order valence-electron chi connectivity index (χ1n) is 12.3. The molecule has 9 heteroatoms. The number of carboxylic acid groups (broad SMARTS) is 1. The van der Waals surface area contributed by atoms with Gasteiger partial charge in [-0.3, -0.25) is 0 Å². The maximum absolute atomic E-state index is 15.3. The Morgan fingerprint density at radius 3 is 2.24 bits per heavy atom. The largest absolute Gasteiger partial charge is 0.545 e. The maximum atomic E-state index is 15.3. The molecule has 2 aromatic rings. The average Bonchev–Trinajstić information content (AvgIpc) is 3.62. The van der Waals surface area contributed by atoms with Crippen molar-refractivity contribution in [2.45, 2.75) is 25.7 Å². The van der Waals surface area contributed by atoms with Gasteiger partial charge in [-0.05, 0) is 31.0 Å². The van der Waals surface area contributed by atoms with Crippen LogP contribution in [0.4, 0.5) is 23.2 Å². The smallest absolute Gasteiger partial charge is 0.203 e. The number of hydrogen-bond donors (Lipinski definition) is 0. The molecule has 0 bridgehead atoms. The summed E-state index contributed by atoms with van der Waals surface area (Å²) in [5.74, 6) is -10.0. The summed E-state index contributed by atoms with van der Waals surface area (Å²) < 4.78 is 67.0. The number of carbonyl (C=O) groups is 1. The zero-order chi connectivity index (χ0) is 25.8. The van der Waals surface area contributed by atoms with Crippen LogP contribution < -0.4 is 19.9 Å². The van der Waals surface area contributed by atoms with Gasteiger partial charge < -0.3 is 19.2 Å². The van der Waals surface area contributed by atoms with Gasteiger partial charge in [-0.15, -0.1) is 0 Å². The Morgan fingerprint density at radius 2 is 1.54 bits per heavy atom. The van der Waals surface area contributed by atoms with E-state index in [1.165, 1.54) is 0 Å². The van der Waals surface area contributed by atoms with Gasteiger partial charge in [-0.2, -0.15) is 0 Å². The fourth-order valence-electron chi connectivity index (χ4n) is 5.54. The molecule has 6 rings (SSSR count). The van der Waals surface area contributed by atoms with Gasteiger partial charge in [0, 0.05) is 71.4 Å². The molecule has 0 atom stereocenters. The van der Waals surface area contributed by atoms with E-state index in [2.05, 4.69) is 9.48 Å².